The fraction of sp³-hybridized carbons (Fsp3) is 0.412. The minimum atomic E-state index is 0.735. The normalized spacial score (nSPS) is 11.1. The second-order valence-corrected chi connectivity index (χ2v) is 6.64. The van der Waals surface area contributed by atoms with Gasteiger partial charge >= 0.3 is 0 Å². The number of unbranched alkanes of at least 4 members (excludes halogenated alkanes) is 1. The molecule has 0 aliphatic rings. The quantitative estimate of drug-likeness (QED) is 0.646. The first-order valence-corrected chi connectivity index (χ1v) is 8.04. The molecule has 2 heteroatoms. The molecule has 0 N–H and O–H groups in total. The van der Waals surface area contributed by atoms with Crippen molar-refractivity contribution in [3.63, 3.8) is 0 Å². The molecule has 2 rings (SSSR count). The Balaban J connectivity index is 1.82. The second kappa shape index (κ2) is 7.44. The maximum atomic E-state index is 5.92. The first-order chi connectivity index (χ1) is 9.27. The zero-order valence-corrected chi connectivity index (χ0v) is 12.6. The maximum absolute atomic E-state index is 5.92. The molecule has 0 amide bonds. The van der Waals surface area contributed by atoms with Crippen molar-refractivity contribution in [2.45, 2.75) is 31.9 Å². The summed E-state index contributed by atoms with van der Waals surface area (Å²) in [6.45, 7) is 5.31. The van der Waals surface area contributed by atoms with Gasteiger partial charge in [-0.05, 0) is 35.3 Å². The van der Waals surface area contributed by atoms with Crippen LogP contribution in [0.1, 0.15) is 26.7 Å². The highest BCUT2D eigenvalue weighted by molar-refractivity contribution is 7.99. The average Bonchev–Trinajstić information content (AvgIpc) is 2.42. The first-order valence-electron chi connectivity index (χ1n) is 6.99. The number of rotatable bonds is 7. The number of ether oxygens (including phenoxy) is 1. The van der Waals surface area contributed by atoms with E-state index in [0.717, 1.165) is 24.0 Å². The summed E-state index contributed by atoms with van der Waals surface area (Å²) >= 11 is 2.02. The number of fused-ring (bicyclic) bond motifs is 1. The predicted octanol–water partition coefficient (Wildman–Crippen LogP) is 5.14. The Labute approximate surface area is 120 Å². The summed E-state index contributed by atoms with van der Waals surface area (Å²) in [6, 6.07) is 14.6. The van der Waals surface area contributed by atoms with Crippen LogP contribution in [0, 0.1) is 0 Å². The summed E-state index contributed by atoms with van der Waals surface area (Å²) in [5.74, 6) is 2.24. The van der Waals surface area contributed by atoms with Gasteiger partial charge in [-0.3, -0.25) is 0 Å². The van der Waals surface area contributed by atoms with Gasteiger partial charge in [0.25, 0.3) is 0 Å². The highest BCUT2D eigenvalue weighted by Crippen LogP contribution is 2.25. The van der Waals surface area contributed by atoms with Crippen molar-refractivity contribution in [3.8, 4) is 5.75 Å². The summed E-state index contributed by atoms with van der Waals surface area (Å²) in [4.78, 5) is 0. The van der Waals surface area contributed by atoms with Crippen molar-refractivity contribution in [1.29, 1.82) is 0 Å². The van der Waals surface area contributed by atoms with Gasteiger partial charge in [0.15, 0.2) is 0 Å². The molecule has 0 aliphatic heterocycles. The third-order valence-corrected chi connectivity index (χ3v) is 4.19. The van der Waals surface area contributed by atoms with Gasteiger partial charge in [0, 0.05) is 5.39 Å². The van der Waals surface area contributed by atoms with Crippen LogP contribution in [0.2, 0.25) is 0 Å². The van der Waals surface area contributed by atoms with E-state index in [1.54, 1.807) is 0 Å². The van der Waals surface area contributed by atoms with E-state index in [1.165, 1.54) is 22.9 Å². The topological polar surface area (TPSA) is 9.23 Å². The van der Waals surface area contributed by atoms with E-state index in [9.17, 15) is 0 Å². The molecule has 0 unspecified atom stereocenters. The van der Waals surface area contributed by atoms with Gasteiger partial charge in [-0.15, -0.1) is 0 Å². The number of benzene rings is 2. The average molecular weight is 274 g/mol. The summed E-state index contributed by atoms with van der Waals surface area (Å²) < 4.78 is 5.92. The Hall–Kier alpha value is -1.15. The van der Waals surface area contributed by atoms with E-state index in [1.807, 2.05) is 11.8 Å². The monoisotopic (exact) mass is 274 g/mol. The molecule has 2 aromatic rings. The van der Waals surface area contributed by atoms with Gasteiger partial charge in [-0.2, -0.15) is 11.8 Å². The summed E-state index contributed by atoms with van der Waals surface area (Å²) in [6.07, 6.45) is 2.36. The van der Waals surface area contributed by atoms with Crippen LogP contribution in [0.15, 0.2) is 42.5 Å². The summed E-state index contributed by atoms with van der Waals surface area (Å²) in [5.41, 5.74) is 0. The number of hydrogen-bond donors (Lipinski definition) is 0. The Morgan fingerprint density at radius 2 is 1.79 bits per heavy atom. The summed E-state index contributed by atoms with van der Waals surface area (Å²) in [7, 11) is 0. The van der Waals surface area contributed by atoms with Crippen LogP contribution in [-0.2, 0) is 0 Å². The molecule has 0 bridgehead atoms. The largest absolute Gasteiger partial charge is 0.493 e. The zero-order chi connectivity index (χ0) is 13.5. The van der Waals surface area contributed by atoms with Crippen molar-refractivity contribution in [1.82, 2.24) is 0 Å². The van der Waals surface area contributed by atoms with E-state index in [4.69, 9.17) is 4.74 Å². The molecule has 0 aliphatic carbocycles. The molecule has 1 nitrogen and oxygen atoms in total. The Morgan fingerprint density at radius 1 is 1.00 bits per heavy atom. The number of hydrogen-bond acceptors (Lipinski definition) is 2. The molecular formula is C17H22OS. The van der Waals surface area contributed by atoms with Gasteiger partial charge in [0.2, 0.25) is 0 Å². The van der Waals surface area contributed by atoms with Crippen LogP contribution in [-0.4, -0.2) is 17.6 Å². The van der Waals surface area contributed by atoms with Gasteiger partial charge in [0.05, 0.1) is 6.61 Å². The summed E-state index contributed by atoms with van der Waals surface area (Å²) in [5, 5.41) is 3.19. The molecule has 0 aromatic heterocycles. The van der Waals surface area contributed by atoms with Crippen molar-refractivity contribution >= 4 is 22.5 Å². The number of thioether (sulfide) groups is 1. The molecule has 0 heterocycles. The van der Waals surface area contributed by atoms with Gasteiger partial charge in [-0.1, -0.05) is 50.2 Å². The third kappa shape index (κ3) is 4.46. The van der Waals surface area contributed by atoms with Gasteiger partial charge < -0.3 is 4.74 Å². The first kappa shape index (κ1) is 14.3. The smallest absolute Gasteiger partial charge is 0.127 e. The zero-order valence-electron chi connectivity index (χ0n) is 11.8. The van der Waals surface area contributed by atoms with Crippen LogP contribution >= 0.6 is 11.8 Å². The lowest BCUT2D eigenvalue weighted by atomic mass is 10.1. The van der Waals surface area contributed by atoms with Crippen LogP contribution in [0.3, 0.4) is 0 Å². The fourth-order valence-electron chi connectivity index (χ4n) is 2.03. The lowest BCUT2D eigenvalue weighted by Crippen LogP contribution is -1.99. The molecule has 2 aromatic carbocycles. The van der Waals surface area contributed by atoms with Crippen LogP contribution in [0.4, 0.5) is 0 Å². The third-order valence-electron chi connectivity index (χ3n) is 3.00. The molecular weight excluding hydrogens is 252 g/mol. The minimum absolute atomic E-state index is 0.735. The fourth-order valence-corrected chi connectivity index (χ4v) is 2.87. The van der Waals surface area contributed by atoms with E-state index in [2.05, 4.69) is 56.3 Å². The van der Waals surface area contributed by atoms with E-state index in [0.29, 0.717) is 0 Å². The molecule has 19 heavy (non-hydrogen) atoms. The Bertz CT molecular complexity index is 502. The SMILES string of the molecule is CC(C)SCCCCOc1cccc2ccccc12. The van der Waals surface area contributed by atoms with Crippen molar-refractivity contribution in [2.24, 2.45) is 0 Å². The van der Waals surface area contributed by atoms with Crippen LogP contribution in [0.5, 0.6) is 5.75 Å². The van der Waals surface area contributed by atoms with Gasteiger partial charge in [0.1, 0.15) is 5.75 Å². The Morgan fingerprint density at radius 3 is 2.63 bits per heavy atom. The molecule has 0 spiro atoms. The highest BCUT2D eigenvalue weighted by atomic mass is 32.2. The molecule has 0 fully saturated rings. The molecule has 0 saturated carbocycles. The highest BCUT2D eigenvalue weighted by Gasteiger charge is 2.01. The molecule has 0 atom stereocenters. The van der Waals surface area contributed by atoms with Crippen LogP contribution in [0.25, 0.3) is 10.8 Å². The standard InChI is InChI=1S/C17H22OS/c1-14(2)19-13-6-5-12-18-17-11-7-9-15-8-3-4-10-16(15)17/h3-4,7-11,14H,5-6,12-13H2,1-2H3. The van der Waals surface area contributed by atoms with Crippen molar-refractivity contribution < 1.29 is 4.74 Å². The van der Waals surface area contributed by atoms with Crippen LogP contribution < -0.4 is 4.74 Å². The lowest BCUT2D eigenvalue weighted by Gasteiger charge is -2.09. The predicted molar refractivity (Wildman–Crippen MR) is 86.3 cm³/mol. The van der Waals surface area contributed by atoms with Crippen molar-refractivity contribution in [2.75, 3.05) is 12.4 Å². The van der Waals surface area contributed by atoms with E-state index in [-0.39, 0.29) is 0 Å². The maximum Gasteiger partial charge on any atom is 0.127 e. The van der Waals surface area contributed by atoms with E-state index < -0.39 is 0 Å². The molecule has 0 radical (unpaired) electrons. The minimum Gasteiger partial charge on any atom is -0.493 e. The molecule has 102 valence electrons. The van der Waals surface area contributed by atoms with Gasteiger partial charge in [-0.25, -0.2) is 0 Å². The second-order valence-electron chi connectivity index (χ2n) is 4.95. The van der Waals surface area contributed by atoms with E-state index >= 15 is 0 Å². The Kier molecular flexibility index (Phi) is 5.59. The van der Waals surface area contributed by atoms with Crippen molar-refractivity contribution in [3.05, 3.63) is 42.5 Å². The molecule has 0 saturated heterocycles. The lowest BCUT2D eigenvalue weighted by molar-refractivity contribution is 0.313.